The Bertz CT molecular complexity index is 1230. The quantitative estimate of drug-likeness (QED) is 0.547. The van der Waals surface area contributed by atoms with Crippen LogP contribution in [0.2, 0.25) is 0 Å². The number of carbonyl (C=O) groups is 1. The van der Waals surface area contributed by atoms with Crippen molar-refractivity contribution in [1.29, 1.82) is 0 Å². The summed E-state index contributed by atoms with van der Waals surface area (Å²) in [4.78, 5) is 13.4. The minimum Gasteiger partial charge on any atom is -0.454 e. The number of nitrogens with zero attached hydrogens (tertiary/aromatic N) is 1. The van der Waals surface area contributed by atoms with E-state index in [9.17, 15) is 9.90 Å². The topological polar surface area (TPSA) is 60.7 Å². The summed E-state index contributed by atoms with van der Waals surface area (Å²) in [7, 11) is 0. The highest BCUT2D eigenvalue weighted by Gasteiger charge is 2.51. The van der Waals surface area contributed by atoms with Gasteiger partial charge in [-0.15, -0.1) is 0 Å². The van der Waals surface area contributed by atoms with Gasteiger partial charge in [-0.05, 0) is 60.7 Å². The Kier molecular flexibility index (Phi) is 5.24. The van der Waals surface area contributed by atoms with Crippen LogP contribution in [-0.4, -0.2) is 28.9 Å². The van der Waals surface area contributed by atoms with Crippen LogP contribution in [0.1, 0.15) is 56.9 Å². The summed E-state index contributed by atoms with van der Waals surface area (Å²) in [6.45, 7) is 7.27. The zero-order chi connectivity index (χ0) is 23.4. The number of Topliss-reactive ketones (excluding diaryl/α,β-unsaturated/α-hetero) is 1. The predicted molar refractivity (Wildman–Crippen MR) is 124 cm³/mol. The predicted octanol–water partition coefficient (Wildman–Crippen LogP) is 5.03. The van der Waals surface area contributed by atoms with Gasteiger partial charge in [0.15, 0.2) is 11.5 Å². The second-order valence-corrected chi connectivity index (χ2v) is 10.3. The van der Waals surface area contributed by atoms with Gasteiger partial charge in [0, 0.05) is 36.1 Å². The third kappa shape index (κ3) is 3.80. The van der Waals surface area contributed by atoms with E-state index in [1.165, 1.54) is 0 Å². The molecule has 1 fully saturated rings. The Morgan fingerprint density at radius 2 is 1.88 bits per heavy atom. The number of rotatable bonds is 7. The fraction of sp³-hybridized carbons (Fsp3) is 0.444. The van der Waals surface area contributed by atoms with Crippen molar-refractivity contribution < 1.29 is 23.8 Å². The molecule has 1 saturated carbocycles. The Hall–Kier alpha value is -2.86. The van der Waals surface area contributed by atoms with Crippen molar-refractivity contribution in [1.82, 2.24) is 4.57 Å². The van der Waals surface area contributed by atoms with E-state index in [2.05, 4.69) is 31.4 Å². The lowest BCUT2D eigenvalue weighted by Crippen LogP contribution is -2.23. The Morgan fingerprint density at radius 3 is 2.58 bits per heavy atom. The third-order valence-electron chi connectivity index (χ3n) is 6.94. The molecule has 0 atom stereocenters. The van der Waals surface area contributed by atoms with E-state index < -0.39 is 5.41 Å². The maximum atomic E-state index is 15.2. The van der Waals surface area contributed by atoms with Crippen LogP contribution in [0.3, 0.4) is 0 Å². The Balaban J connectivity index is 1.46. The smallest absolute Gasteiger partial charge is 0.231 e. The standard InChI is InChI=1S/C27H30FNO4/c1-26(2,3)24-12-18-11-17(20(28)15-21(18)29(24)9-4-10-30)13-25(31)27(7-8-27)19-5-6-22-23(14-19)33-16-32-22/h5-6,11-12,14-15,30H,4,7-10,13,16H2,1-3H3. The summed E-state index contributed by atoms with van der Waals surface area (Å²) < 4.78 is 28.2. The zero-order valence-corrected chi connectivity index (χ0v) is 19.4. The van der Waals surface area contributed by atoms with Gasteiger partial charge >= 0.3 is 0 Å². The Morgan fingerprint density at radius 1 is 1.12 bits per heavy atom. The van der Waals surface area contributed by atoms with Gasteiger partial charge in [-0.3, -0.25) is 4.79 Å². The highest BCUT2D eigenvalue weighted by atomic mass is 19.1. The van der Waals surface area contributed by atoms with E-state index >= 15 is 4.39 Å². The number of halogens is 1. The minimum atomic E-state index is -0.563. The van der Waals surface area contributed by atoms with E-state index in [-0.39, 0.29) is 36.8 Å². The molecule has 5 rings (SSSR count). The molecule has 0 spiro atoms. The molecular weight excluding hydrogens is 421 g/mol. The molecule has 1 aliphatic heterocycles. The van der Waals surface area contributed by atoms with E-state index in [1.807, 2.05) is 24.3 Å². The van der Waals surface area contributed by atoms with Crippen LogP contribution < -0.4 is 9.47 Å². The summed E-state index contributed by atoms with van der Waals surface area (Å²) in [6, 6.07) is 11.1. The van der Waals surface area contributed by atoms with Crippen molar-refractivity contribution in [3.8, 4) is 11.5 Å². The van der Waals surface area contributed by atoms with Crippen LogP contribution in [0.25, 0.3) is 10.9 Å². The van der Waals surface area contributed by atoms with Gasteiger partial charge in [0.05, 0.1) is 10.9 Å². The molecule has 1 aliphatic carbocycles. The maximum Gasteiger partial charge on any atom is 0.231 e. The molecule has 2 aliphatic rings. The first-order valence-corrected chi connectivity index (χ1v) is 11.6. The van der Waals surface area contributed by atoms with Crippen LogP contribution in [0, 0.1) is 5.82 Å². The number of aromatic nitrogens is 1. The molecule has 1 N–H and O–H groups in total. The van der Waals surface area contributed by atoms with Gasteiger partial charge in [0.25, 0.3) is 0 Å². The van der Waals surface area contributed by atoms with E-state index in [0.717, 1.165) is 35.0 Å². The summed E-state index contributed by atoms with van der Waals surface area (Å²) >= 11 is 0. The van der Waals surface area contributed by atoms with E-state index in [0.29, 0.717) is 30.0 Å². The lowest BCUT2D eigenvalue weighted by Gasteiger charge is -2.22. The summed E-state index contributed by atoms with van der Waals surface area (Å²) in [5, 5.41) is 10.2. The first-order chi connectivity index (χ1) is 15.7. The van der Waals surface area contributed by atoms with Crippen molar-refractivity contribution in [2.24, 2.45) is 0 Å². The third-order valence-corrected chi connectivity index (χ3v) is 6.94. The molecule has 2 heterocycles. The first-order valence-electron chi connectivity index (χ1n) is 11.6. The molecular formula is C27H30FNO4. The molecule has 0 unspecified atom stereocenters. The highest BCUT2D eigenvalue weighted by Crippen LogP contribution is 2.51. The molecule has 2 aromatic carbocycles. The average molecular weight is 452 g/mol. The Labute approximate surface area is 193 Å². The maximum absolute atomic E-state index is 15.2. The number of benzene rings is 2. The van der Waals surface area contributed by atoms with Crippen molar-refractivity contribution >= 4 is 16.7 Å². The minimum absolute atomic E-state index is 0.0374. The van der Waals surface area contributed by atoms with Gasteiger partial charge in [-0.2, -0.15) is 0 Å². The fourth-order valence-electron chi connectivity index (χ4n) is 4.95. The van der Waals surface area contributed by atoms with Gasteiger partial charge in [-0.1, -0.05) is 26.8 Å². The van der Waals surface area contributed by atoms with Gasteiger partial charge < -0.3 is 19.1 Å². The van der Waals surface area contributed by atoms with Crippen molar-refractivity contribution in [2.75, 3.05) is 13.4 Å². The number of aliphatic hydroxyl groups excluding tert-OH is 1. The van der Waals surface area contributed by atoms with E-state index in [1.54, 1.807) is 6.07 Å². The van der Waals surface area contributed by atoms with Crippen molar-refractivity contribution in [3.63, 3.8) is 0 Å². The highest BCUT2D eigenvalue weighted by molar-refractivity contribution is 5.95. The summed E-state index contributed by atoms with van der Waals surface area (Å²) in [5.41, 5.74) is 2.55. The molecule has 33 heavy (non-hydrogen) atoms. The number of aryl methyl sites for hydroxylation is 1. The summed E-state index contributed by atoms with van der Waals surface area (Å²) in [6.07, 6.45) is 2.19. The van der Waals surface area contributed by atoms with Gasteiger partial charge in [0.2, 0.25) is 6.79 Å². The molecule has 174 valence electrons. The van der Waals surface area contributed by atoms with Crippen molar-refractivity contribution in [3.05, 3.63) is 59.0 Å². The molecule has 0 saturated heterocycles. The number of hydrogen-bond acceptors (Lipinski definition) is 4. The molecule has 1 aromatic heterocycles. The fourth-order valence-corrected chi connectivity index (χ4v) is 4.95. The first kappa shape index (κ1) is 22.0. The second kappa shape index (κ2) is 7.87. The molecule has 6 heteroatoms. The zero-order valence-electron chi connectivity index (χ0n) is 19.4. The normalized spacial score (nSPS) is 16.4. The SMILES string of the molecule is CC(C)(C)c1cc2cc(CC(=O)C3(c4ccc5c(c4)OCO5)CC3)c(F)cc2n1CCCO. The van der Waals surface area contributed by atoms with Crippen LogP contribution >= 0.6 is 0 Å². The molecule has 5 nitrogen and oxygen atoms in total. The molecule has 0 radical (unpaired) electrons. The van der Waals surface area contributed by atoms with Gasteiger partial charge in [-0.25, -0.2) is 4.39 Å². The average Bonchev–Trinajstić information content (AvgIpc) is 3.31. The van der Waals surface area contributed by atoms with Crippen LogP contribution in [0.5, 0.6) is 11.5 Å². The number of carbonyl (C=O) groups excluding carboxylic acids is 1. The van der Waals surface area contributed by atoms with Crippen LogP contribution in [0.4, 0.5) is 4.39 Å². The number of ketones is 1. The lowest BCUT2D eigenvalue weighted by molar-refractivity contribution is -0.120. The van der Waals surface area contributed by atoms with Crippen LogP contribution in [0.15, 0.2) is 36.4 Å². The molecule has 3 aromatic rings. The van der Waals surface area contributed by atoms with Crippen LogP contribution in [-0.2, 0) is 28.6 Å². The van der Waals surface area contributed by atoms with Gasteiger partial charge in [0.1, 0.15) is 11.6 Å². The second-order valence-electron chi connectivity index (χ2n) is 10.3. The molecule has 0 amide bonds. The number of hydrogen-bond donors (Lipinski definition) is 1. The van der Waals surface area contributed by atoms with E-state index in [4.69, 9.17) is 9.47 Å². The number of ether oxygens (including phenoxy) is 2. The monoisotopic (exact) mass is 451 g/mol. The number of aliphatic hydroxyl groups is 1. The molecule has 0 bridgehead atoms. The lowest BCUT2D eigenvalue weighted by atomic mass is 9.87. The van der Waals surface area contributed by atoms with Crippen molar-refractivity contribution in [2.45, 2.75) is 63.8 Å². The number of fused-ring (bicyclic) bond motifs is 2. The summed E-state index contributed by atoms with van der Waals surface area (Å²) in [5.74, 6) is 1.04. The largest absolute Gasteiger partial charge is 0.454 e.